The Morgan fingerprint density at radius 2 is 1.76 bits per heavy atom. The molecule has 0 radical (unpaired) electrons. The van der Waals surface area contributed by atoms with E-state index in [0.29, 0.717) is 6.42 Å². The van der Waals surface area contributed by atoms with Crippen molar-refractivity contribution in [1.82, 2.24) is 9.21 Å². The third-order valence-corrected chi connectivity index (χ3v) is 5.14. The third-order valence-electron chi connectivity index (χ3n) is 3.83. The van der Waals surface area contributed by atoms with Gasteiger partial charge in [-0.25, -0.2) is 17.5 Å². The van der Waals surface area contributed by atoms with Gasteiger partial charge in [0.2, 0.25) is 10.0 Å². The van der Waals surface area contributed by atoms with Gasteiger partial charge in [-0.05, 0) is 12.5 Å². The van der Waals surface area contributed by atoms with E-state index in [1.165, 1.54) is 9.21 Å². The number of hydrogen-bond donors (Lipinski definition) is 1. The molecule has 10 nitrogen and oxygen atoms in total. The number of nitro benzene ring substituents is 1. The van der Waals surface area contributed by atoms with Gasteiger partial charge in [-0.3, -0.25) is 14.9 Å². The number of nitrogens with zero attached hydrogens (tertiary/aromatic N) is 3. The van der Waals surface area contributed by atoms with Gasteiger partial charge >= 0.3 is 5.97 Å². The van der Waals surface area contributed by atoms with Gasteiger partial charge in [0.05, 0.1) is 16.7 Å². The minimum absolute atomic E-state index is 0.112. The molecule has 1 fully saturated rings. The number of carboxylic acids is 1. The zero-order valence-electron chi connectivity index (χ0n) is 13.4. The average molecular weight is 371 g/mol. The van der Waals surface area contributed by atoms with Crippen LogP contribution in [0.15, 0.2) is 18.2 Å². The van der Waals surface area contributed by atoms with Crippen molar-refractivity contribution >= 4 is 27.6 Å². The lowest BCUT2D eigenvalue weighted by Crippen LogP contribution is -2.37. The smallest absolute Gasteiger partial charge is 0.335 e. The summed E-state index contributed by atoms with van der Waals surface area (Å²) in [5.41, 5.74) is -0.958. The fourth-order valence-corrected chi connectivity index (χ4v) is 3.45. The fourth-order valence-electron chi connectivity index (χ4n) is 2.57. The highest BCUT2D eigenvalue weighted by atomic mass is 32.2. The van der Waals surface area contributed by atoms with Gasteiger partial charge in [-0.1, -0.05) is 0 Å². The van der Waals surface area contributed by atoms with Crippen LogP contribution in [0.4, 0.5) is 5.69 Å². The van der Waals surface area contributed by atoms with Gasteiger partial charge < -0.3 is 10.0 Å². The molecule has 0 atom stereocenters. The van der Waals surface area contributed by atoms with E-state index >= 15 is 0 Å². The van der Waals surface area contributed by atoms with Crippen molar-refractivity contribution in [2.75, 3.05) is 32.4 Å². The highest BCUT2D eigenvalue weighted by Gasteiger charge is 2.26. The Hall–Kier alpha value is -2.53. The summed E-state index contributed by atoms with van der Waals surface area (Å²) in [6.45, 7) is 0.788. The molecule has 0 bridgehead atoms. The highest BCUT2D eigenvalue weighted by molar-refractivity contribution is 7.88. The zero-order valence-corrected chi connectivity index (χ0v) is 14.2. The number of aromatic carboxylic acids is 1. The van der Waals surface area contributed by atoms with E-state index in [-0.39, 0.29) is 37.3 Å². The zero-order chi connectivity index (χ0) is 18.8. The Labute approximate surface area is 143 Å². The third kappa shape index (κ3) is 4.51. The van der Waals surface area contributed by atoms with E-state index in [2.05, 4.69) is 0 Å². The molecule has 25 heavy (non-hydrogen) atoms. The summed E-state index contributed by atoms with van der Waals surface area (Å²) >= 11 is 0. The fraction of sp³-hybridized carbons (Fsp3) is 0.429. The van der Waals surface area contributed by atoms with Crippen molar-refractivity contribution in [2.24, 2.45) is 0 Å². The molecule has 1 aliphatic rings. The minimum atomic E-state index is -3.37. The second-order valence-electron chi connectivity index (χ2n) is 5.64. The van der Waals surface area contributed by atoms with E-state index in [9.17, 15) is 28.1 Å². The van der Waals surface area contributed by atoms with Gasteiger partial charge in [0.15, 0.2) is 0 Å². The SMILES string of the molecule is CS(=O)(=O)N1CCCN(C(=O)c2cc(C(=O)O)cc([N+](=O)[O-])c2)CC1. The van der Waals surface area contributed by atoms with Gasteiger partial charge in [0.25, 0.3) is 11.6 Å². The molecule has 0 spiro atoms. The van der Waals surface area contributed by atoms with Crippen LogP contribution in [0.25, 0.3) is 0 Å². The molecule has 1 aliphatic heterocycles. The largest absolute Gasteiger partial charge is 0.478 e. The van der Waals surface area contributed by atoms with Crippen LogP contribution in [0.2, 0.25) is 0 Å². The second-order valence-corrected chi connectivity index (χ2v) is 7.62. The number of carboxylic acid groups (broad SMARTS) is 1. The molecule has 1 aromatic carbocycles. The Morgan fingerprint density at radius 3 is 2.32 bits per heavy atom. The van der Waals surface area contributed by atoms with E-state index in [4.69, 9.17) is 5.11 Å². The molecule has 0 unspecified atom stereocenters. The maximum Gasteiger partial charge on any atom is 0.335 e. The molecule has 1 N–H and O–H groups in total. The molecular formula is C14H17N3O7S. The van der Waals surface area contributed by atoms with Crippen LogP contribution >= 0.6 is 0 Å². The van der Waals surface area contributed by atoms with Crippen LogP contribution in [0.1, 0.15) is 27.1 Å². The number of non-ortho nitro benzene ring substituents is 1. The van der Waals surface area contributed by atoms with Gasteiger partial charge in [0, 0.05) is 43.9 Å². The normalized spacial score (nSPS) is 16.3. The van der Waals surface area contributed by atoms with Crippen LogP contribution in [-0.2, 0) is 10.0 Å². The molecule has 0 aromatic heterocycles. The van der Waals surface area contributed by atoms with Gasteiger partial charge in [-0.15, -0.1) is 0 Å². The summed E-state index contributed by atoms with van der Waals surface area (Å²) in [6.07, 6.45) is 1.50. The number of sulfonamides is 1. The predicted molar refractivity (Wildman–Crippen MR) is 87.0 cm³/mol. The van der Waals surface area contributed by atoms with Crippen molar-refractivity contribution in [3.8, 4) is 0 Å². The Balaban J connectivity index is 2.28. The number of carbonyl (C=O) groups excluding carboxylic acids is 1. The molecule has 1 amide bonds. The maximum absolute atomic E-state index is 12.6. The second kappa shape index (κ2) is 7.15. The lowest BCUT2D eigenvalue weighted by molar-refractivity contribution is -0.384. The van der Waals surface area contributed by atoms with Crippen LogP contribution < -0.4 is 0 Å². The molecule has 1 heterocycles. The molecule has 2 rings (SSSR count). The number of benzene rings is 1. The lowest BCUT2D eigenvalue weighted by Gasteiger charge is -2.21. The molecular weight excluding hydrogens is 354 g/mol. The van der Waals surface area contributed by atoms with Crippen LogP contribution in [-0.4, -0.2) is 72.0 Å². The first-order valence-electron chi connectivity index (χ1n) is 7.37. The Morgan fingerprint density at radius 1 is 1.12 bits per heavy atom. The highest BCUT2D eigenvalue weighted by Crippen LogP contribution is 2.20. The average Bonchev–Trinajstić information content (AvgIpc) is 2.79. The predicted octanol–water partition coefficient (Wildman–Crippen LogP) is 0.400. The van der Waals surface area contributed by atoms with Crippen LogP contribution in [0, 0.1) is 10.1 Å². The number of nitro groups is 1. The van der Waals surface area contributed by atoms with E-state index in [1.807, 2.05) is 0 Å². The summed E-state index contributed by atoms with van der Waals surface area (Å²) in [4.78, 5) is 35.3. The van der Waals surface area contributed by atoms with Crippen LogP contribution in [0.5, 0.6) is 0 Å². The lowest BCUT2D eigenvalue weighted by atomic mass is 10.1. The molecule has 1 aromatic rings. The molecule has 11 heteroatoms. The summed E-state index contributed by atoms with van der Waals surface area (Å²) in [5.74, 6) is -1.95. The van der Waals surface area contributed by atoms with Crippen molar-refractivity contribution in [3.63, 3.8) is 0 Å². The van der Waals surface area contributed by atoms with E-state index in [0.717, 1.165) is 24.5 Å². The van der Waals surface area contributed by atoms with Crippen molar-refractivity contribution in [3.05, 3.63) is 39.4 Å². The molecule has 0 saturated carbocycles. The van der Waals surface area contributed by atoms with Crippen molar-refractivity contribution in [2.45, 2.75) is 6.42 Å². The first-order valence-corrected chi connectivity index (χ1v) is 9.21. The Kier molecular flexibility index (Phi) is 5.38. The monoisotopic (exact) mass is 371 g/mol. The molecule has 0 aliphatic carbocycles. The van der Waals surface area contributed by atoms with Gasteiger partial charge in [-0.2, -0.15) is 0 Å². The number of hydrogen-bond acceptors (Lipinski definition) is 6. The standard InChI is InChI=1S/C14H17N3O7S/c1-25(23,24)16-4-2-3-15(5-6-16)13(18)10-7-11(14(19)20)9-12(8-10)17(21)22/h7-9H,2-6H2,1H3,(H,19,20). The summed E-state index contributed by atoms with van der Waals surface area (Å²) in [6, 6.07) is 2.98. The van der Waals surface area contributed by atoms with Gasteiger partial charge in [0.1, 0.15) is 0 Å². The first kappa shape index (κ1) is 18.8. The van der Waals surface area contributed by atoms with Crippen molar-refractivity contribution < 1.29 is 28.0 Å². The number of amides is 1. The first-order chi connectivity index (χ1) is 11.6. The maximum atomic E-state index is 12.6. The van der Waals surface area contributed by atoms with E-state index < -0.39 is 32.5 Å². The number of rotatable bonds is 4. The summed E-state index contributed by atoms with van der Waals surface area (Å²) in [5, 5.41) is 20.0. The summed E-state index contributed by atoms with van der Waals surface area (Å²) < 4.78 is 24.5. The molecule has 136 valence electrons. The van der Waals surface area contributed by atoms with E-state index in [1.54, 1.807) is 0 Å². The molecule has 1 saturated heterocycles. The van der Waals surface area contributed by atoms with Crippen molar-refractivity contribution in [1.29, 1.82) is 0 Å². The quantitative estimate of drug-likeness (QED) is 0.597. The summed E-state index contributed by atoms with van der Waals surface area (Å²) in [7, 11) is -3.37. The minimum Gasteiger partial charge on any atom is -0.478 e. The number of carbonyl (C=O) groups is 2. The Bertz CT molecular complexity index is 789. The topological polar surface area (TPSA) is 138 Å². The van der Waals surface area contributed by atoms with Crippen LogP contribution in [0.3, 0.4) is 0 Å².